The predicted molar refractivity (Wildman–Crippen MR) is 133 cm³/mol. The molecule has 5 rings (SSSR count). The molecular formula is C24H30N6OSi. The number of amides is 1. The molecule has 2 aromatic heterocycles. The fourth-order valence-corrected chi connectivity index (χ4v) is 7.29. The summed E-state index contributed by atoms with van der Waals surface area (Å²) in [5, 5.41) is 4.47. The summed E-state index contributed by atoms with van der Waals surface area (Å²) in [4.78, 5) is 30.5. The molecule has 32 heavy (non-hydrogen) atoms. The number of pyridine rings is 1. The van der Waals surface area contributed by atoms with Crippen LogP contribution in [0.15, 0.2) is 36.7 Å². The number of benzene rings is 1. The van der Waals surface area contributed by atoms with Gasteiger partial charge < -0.3 is 15.1 Å². The minimum Gasteiger partial charge on any atom is -0.342 e. The van der Waals surface area contributed by atoms with E-state index in [2.05, 4.69) is 58.4 Å². The number of carbonyl (C=O) groups excluding carboxylic acids is 1. The Bertz CT molecular complexity index is 1190. The Hall–Kier alpha value is -3.00. The highest BCUT2D eigenvalue weighted by atomic mass is 28.3. The molecule has 1 amide bonds. The number of aryl methyl sites for hydroxylation is 1. The van der Waals surface area contributed by atoms with Gasteiger partial charge in [-0.3, -0.25) is 9.78 Å². The maximum absolute atomic E-state index is 12.7. The number of nitrogens with zero attached hydrogens (tertiary/aromatic N) is 5. The van der Waals surface area contributed by atoms with Gasteiger partial charge >= 0.3 is 0 Å². The average Bonchev–Trinajstić information content (AvgIpc) is 2.77. The van der Waals surface area contributed by atoms with Crippen LogP contribution in [0.1, 0.15) is 18.4 Å². The molecule has 0 unspecified atom stereocenters. The van der Waals surface area contributed by atoms with Gasteiger partial charge in [0.25, 0.3) is 0 Å². The molecule has 0 spiro atoms. The number of hydrogen-bond donors (Lipinski definition) is 1. The van der Waals surface area contributed by atoms with E-state index in [1.165, 1.54) is 12.1 Å². The van der Waals surface area contributed by atoms with Crippen LogP contribution in [0.2, 0.25) is 25.2 Å². The van der Waals surface area contributed by atoms with E-state index in [1.807, 2.05) is 19.3 Å². The van der Waals surface area contributed by atoms with Gasteiger partial charge in [-0.25, -0.2) is 4.98 Å². The summed E-state index contributed by atoms with van der Waals surface area (Å²) in [5.74, 6) is 1.51. The van der Waals surface area contributed by atoms with Crippen molar-refractivity contribution >= 4 is 48.0 Å². The zero-order valence-electron chi connectivity index (χ0n) is 19.2. The Morgan fingerprint density at radius 2 is 1.94 bits per heavy atom. The van der Waals surface area contributed by atoms with Gasteiger partial charge in [0.05, 0.1) is 18.3 Å². The summed E-state index contributed by atoms with van der Waals surface area (Å²) in [6, 6.07) is 11.1. The van der Waals surface area contributed by atoms with Gasteiger partial charge in [0.15, 0.2) is 5.82 Å². The van der Waals surface area contributed by atoms with Crippen LogP contribution < -0.4 is 15.1 Å². The normalized spacial score (nSPS) is 18.7. The summed E-state index contributed by atoms with van der Waals surface area (Å²) in [5.41, 5.74) is 3.80. The van der Waals surface area contributed by atoms with Crippen LogP contribution in [0.25, 0.3) is 10.9 Å². The summed E-state index contributed by atoms with van der Waals surface area (Å²) in [7, 11) is 0.731. The molecule has 3 aromatic rings. The molecule has 1 saturated heterocycles. The first-order valence-corrected chi connectivity index (χ1v) is 14.7. The molecule has 8 heteroatoms. The predicted octanol–water partition coefficient (Wildman–Crippen LogP) is 4.73. The number of aromatic nitrogens is 3. The topological polar surface area (TPSA) is 74.2 Å². The maximum atomic E-state index is 12.7. The smallest absolute Gasteiger partial charge is 0.246 e. The molecular weight excluding hydrogens is 416 g/mol. The second-order valence-corrected chi connectivity index (χ2v) is 15.2. The monoisotopic (exact) mass is 446 g/mol. The third kappa shape index (κ3) is 3.83. The zero-order valence-corrected chi connectivity index (χ0v) is 20.2. The molecule has 4 heterocycles. The van der Waals surface area contributed by atoms with E-state index >= 15 is 0 Å². The molecule has 1 fully saturated rings. The lowest BCUT2D eigenvalue weighted by Gasteiger charge is -2.43. The lowest BCUT2D eigenvalue weighted by molar-refractivity contribution is -0.117. The Balaban J connectivity index is 1.48. The quantitative estimate of drug-likeness (QED) is 0.586. The van der Waals surface area contributed by atoms with Gasteiger partial charge in [0.2, 0.25) is 11.9 Å². The van der Waals surface area contributed by atoms with Gasteiger partial charge in [-0.2, -0.15) is 4.98 Å². The first kappa shape index (κ1) is 20.9. The third-order valence-corrected chi connectivity index (χ3v) is 10.3. The van der Waals surface area contributed by atoms with E-state index in [4.69, 9.17) is 4.98 Å². The van der Waals surface area contributed by atoms with Gasteiger partial charge in [0.1, 0.15) is 5.69 Å². The Labute approximate surface area is 189 Å². The second-order valence-electron chi connectivity index (χ2n) is 9.87. The van der Waals surface area contributed by atoms with Crippen LogP contribution in [0, 0.1) is 6.92 Å². The molecule has 0 atom stereocenters. The van der Waals surface area contributed by atoms with Gasteiger partial charge in [-0.15, -0.1) is 0 Å². The van der Waals surface area contributed by atoms with Crippen LogP contribution in [-0.2, 0) is 4.79 Å². The molecule has 0 bridgehead atoms. The Morgan fingerprint density at radius 3 is 2.72 bits per heavy atom. The number of carbonyl (C=O) groups is 1. The lowest BCUT2D eigenvalue weighted by atomic mass is 10.1. The van der Waals surface area contributed by atoms with Gasteiger partial charge in [0, 0.05) is 38.4 Å². The van der Waals surface area contributed by atoms with Crippen LogP contribution in [-0.4, -0.2) is 48.6 Å². The number of fused-ring (bicyclic) bond motifs is 2. The van der Waals surface area contributed by atoms with E-state index in [0.717, 1.165) is 46.5 Å². The number of rotatable bonds is 3. The number of anilines is 4. The number of nitrogens with one attached hydrogen (secondary N) is 1. The van der Waals surface area contributed by atoms with Crippen molar-refractivity contribution in [2.75, 3.05) is 28.7 Å². The van der Waals surface area contributed by atoms with Crippen LogP contribution in [0.4, 0.5) is 23.1 Å². The fraction of sp³-hybridized carbons (Fsp3) is 0.417. The first-order valence-electron chi connectivity index (χ1n) is 11.3. The van der Waals surface area contributed by atoms with Crippen LogP contribution in [0.5, 0.6) is 0 Å². The van der Waals surface area contributed by atoms with Crippen molar-refractivity contribution < 1.29 is 4.79 Å². The highest BCUT2D eigenvalue weighted by Gasteiger charge is 2.37. The number of likely N-dealkylation sites (N-methyl/N-ethyl adjacent to an activating group) is 1. The van der Waals surface area contributed by atoms with Crippen molar-refractivity contribution in [3.8, 4) is 0 Å². The van der Waals surface area contributed by atoms with E-state index in [0.29, 0.717) is 18.5 Å². The summed E-state index contributed by atoms with van der Waals surface area (Å²) >= 11 is 0. The second kappa shape index (κ2) is 7.85. The van der Waals surface area contributed by atoms with Gasteiger partial charge in [-0.05, 0) is 43.5 Å². The van der Waals surface area contributed by atoms with E-state index in [1.54, 1.807) is 11.1 Å². The zero-order chi connectivity index (χ0) is 22.5. The van der Waals surface area contributed by atoms with Gasteiger partial charge in [-0.1, -0.05) is 31.2 Å². The molecule has 0 saturated carbocycles. The molecule has 1 aromatic carbocycles. The SMILES string of the molecule is Cc1cc2ncccc2cc1Nc1ncc2c(n1)N(C1CC[Si](C)(C)CC1)CC(=O)N2C. The van der Waals surface area contributed by atoms with Crippen molar-refractivity contribution in [3.63, 3.8) is 0 Å². The maximum Gasteiger partial charge on any atom is 0.246 e. The van der Waals surface area contributed by atoms with Crippen LogP contribution >= 0.6 is 0 Å². The number of hydrogen-bond acceptors (Lipinski definition) is 6. The molecule has 1 N–H and O–H groups in total. The van der Waals surface area contributed by atoms with Crippen molar-refractivity contribution in [3.05, 3.63) is 42.2 Å². The minimum absolute atomic E-state index is 0.0989. The lowest BCUT2D eigenvalue weighted by Crippen LogP contribution is -2.51. The van der Waals surface area contributed by atoms with E-state index in [-0.39, 0.29) is 5.91 Å². The minimum atomic E-state index is -1.08. The molecule has 0 aliphatic carbocycles. The standard InChI is InChI=1S/C24H30N6OSi/c1-16-12-20-17(6-5-9-25-20)13-19(16)27-24-26-14-21-23(28-24)30(15-22(31)29(21)2)18-7-10-32(3,4)11-8-18/h5-6,9,12-14,18H,7-8,10-11,15H2,1-4H3,(H,26,27,28). The summed E-state index contributed by atoms with van der Waals surface area (Å²) < 4.78 is 0. The van der Waals surface area contributed by atoms with Crippen molar-refractivity contribution in [2.45, 2.75) is 51.0 Å². The van der Waals surface area contributed by atoms with E-state index < -0.39 is 8.07 Å². The largest absolute Gasteiger partial charge is 0.342 e. The molecule has 2 aliphatic heterocycles. The molecule has 0 radical (unpaired) electrons. The Morgan fingerprint density at radius 1 is 1.16 bits per heavy atom. The highest BCUT2D eigenvalue weighted by Crippen LogP contribution is 2.38. The fourth-order valence-electron chi connectivity index (χ4n) is 4.81. The summed E-state index contributed by atoms with van der Waals surface area (Å²) in [6.07, 6.45) is 5.86. The third-order valence-electron chi connectivity index (χ3n) is 7.01. The average molecular weight is 447 g/mol. The molecule has 2 aliphatic rings. The van der Waals surface area contributed by atoms with Crippen molar-refractivity contribution in [1.29, 1.82) is 0 Å². The van der Waals surface area contributed by atoms with Crippen LogP contribution in [0.3, 0.4) is 0 Å². The van der Waals surface area contributed by atoms with Crippen molar-refractivity contribution in [1.82, 2.24) is 15.0 Å². The Kier molecular flexibility index (Phi) is 5.12. The highest BCUT2D eigenvalue weighted by molar-refractivity contribution is 6.77. The molecule has 166 valence electrons. The van der Waals surface area contributed by atoms with E-state index in [9.17, 15) is 4.79 Å². The first-order chi connectivity index (χ1) is 15.3. The van der Waals surface area contributed by atoms with Crippen molar-refractivity contribution in [2.24, 2.45) is 0 Å². The summed E-state index contributed by atoms with van der Waals surface area (Å²) in [6.45, 7) is 7.38. The molecule has 7 nitrogen and oxygen atoms in total.